The first-order chi connectivity index (χ1) is 8.74. The third-order valence-corrected chi connectivity index (χ3v) is 2.92. The molecule has 0 aliphatic carbocycles. The molecule has 0 bridgehead atoms. The van der Waals surface area contributed by atoms with Crippen molar-refractivity contribution >= 4 is 5.97 Å². The maximum absolute atomic E-state index is 11.6. The van der Waals surface area contributed by atoms with Crippen LogP contribution in [0, 0.1) is 11.3 Å². The molecule has 0 aromatic heterocycles. The first-order valence-corrected chi connectivity index (χ1v) is 5.92. The van der Waals surface area contributed by atoms with Gasteiger partial charge in [0.2, 0.25) is 0 Å². The molecule has 2 N–H and O–H groups in total. The van der Waals surface area contributed by atoms with Crippen molar-refractivity contribution in [3.63, 3.8) is 0 Å². The highest BCUT2D eigenvalue weighted by Gasteiger charge is 2.30. The zero-order valence-corrected chi connectivity index (χ0v) is 10.1. The Bertz CT molecular complexity index is 464. The van der Waals surface area contributed by atoms with Crippen LogP contribution < -0.4 is 10.9 Å². The lowest BCUT2D eigenvalue weighted by Gasteiger charge is -2.09. The molecule has 1 fully saturated rings. The molecule has 2 rings (SSSR count). The quantitative estimate of drug-likeness (QED) is 0.778. The number of nitrogens with one attached hydrogen (secondary N) is 2. The second kappa shape index (κ2) is 5.63. The predicted octanol–water partition coefficient (Wildman–Crippen LogP) is 1.03. The van der Waals surface area contributed by atoms with Crippen LogP contribution in [0.1, 0.15) is 30.5 Å². The third-order valence-electron chi connectivity index (χ3n) is 2.92. The van der Waals surface area contributed by atoms with Crippen LogP contribution >= 0.6 is 0 Å². The molecule has 1 aromatic rings. The SMILES string of the molecule is CCOC(=O)C1CC(c2ccc(C#N)cc2)NN1. The molecule has 5 nitrogen and oxygen atoms in total. The molecule has 0 amide bonds. The highest BCUT2D eigenvalue weighted by atomic mass is 16.5. The monoisotopic (exact) mass is 245 g/mol. The molecule has 1 aromatic carbocycles. The summed E-state index contributed by atoms with van der Waals surface area (Å²) in [4.78, 5) is 11.6. The fraction of sp³-hybridized carbons (Fsp3) is 0.385. The fourth-order valence-electron chi connectivity index (χ4n) is 1.96. The molecule has 0 saturated carbocycles. The average molecular weight is 245 g/mol. The van der Waals surface area contributed by atoms with Crippen molar-refractivity contribution < 1.29 is 9.53 Å². The maximum Gasteiger partial charge on any atom is 0.324 e. The number of esters is 1. The Hall–Kier alpha value is -1.90. The lowest BCUT2D eigenvalue weighted by molar-refractivity contribution is -0.145. The largest absolute Gasteiger partial charge is 0.465 e. The van der Waals surface area contributed by atoms with Gasteiger partial charge in [-0.05, 0) is 31.0 Å². The zero-order valence-electron chi connectivity index (χ0n) is 10.1. The Balaban J connectivity index is 2.00. The van der Waals surface area contributed by atoms with E-state index >= 15 is 0 Å². The number of carbonyl (C=O) groups is 1. The number of nitrogens with zero attached hydrogens (tertiary/aromatic N) is 1. The summed E-state index contributed by atoms with van der Waals surface area (Å²) in [5.74, 6) is -0.235. The molecule has 5 heteroatoms. The molecule has 0 spiro atoms. The molecule has 1 aliphatic rings. The third kappa shape index (κ3) is 2.67. The van der Waals surface area contributed by atoms with Gasteiger partial charge in [-0.15, -0.1) is 0 Å². The van der Waals surface area contributed by atoms with Gasteiger partial charge in [-0.25, -0.2) is 10.9 Å². The minimum atomic E-state index is -0.314. The molecule has 94 valence electrons. The summed E-state index contributed by atoms with van der Waals surface area (Å²) in [5, 5.41) is 8.73. The van der Waals surface area contributed by atoms with Gasteiger partial charge in [-0.2, -0.15) is 5.26 Å². The van der Waals surface area contributed by atoms with E-state index in [1.807, 2.05) is 12.1 Å². The normalized spacial score (nSPS) is 22.4. The van der Waals surface area contributed by atoms with Crippen molar-refractivity contribution in [2.24, 2.45) is 0 Å². The molecule has 1 aliphatic heterocycles. The minimum Gasteiger partial charge on any atom is -0.465 e. The van der Waals surface area contributed by atoms with Gasteiger partial charge in [-0.1, -0.05) is 12.1 Å². The summed E-state index contributed by atoms with van der Waals surface area (Å²) in [5.41, 5.74) is 7.68. The molecular formula is C13H15N3O2. The van der Waals surface area contributed by atoms with Crippen LogP contribution in [0.2, 0.25) is 0 Å². The van der Waals surface area contributed by atoms with Crippen molar-refractivity contribution in [2.75, 3.05) is 6.61 Å². The zero-order chi connectivity index (χ0) is 13.0. The number of ether oxygens (including phenoxy) is 1. The summed E-state index contributed by atoms with van der Waals surface area (Å²) in [6, 6.07) is 9.16. The standard InChI is InChI=1S/C13H15N3O2/c1-2-18-13(17)12-7-11(15-16-12)10-5-3-9(8-14)4-6-10/h3-6,11-12,15-16H,2,7H2,1H3. The van der Waals surface area contributed by atoms with Crippen molar-refractivity contribution in [3.05, 3.63) is 35.4 Å². The van der Waals surface area contributed by atoms with Gasteiger partial charge in [0.25, 0.3) is 0 Å². The Labute approximate surface area is 106 Å². The fourth-order valence-corrected chi connectivity index (χ4v) is 1.96. The van der Waals surface area contributed by atoms with E-state index in [-0.39, 0.29) is 18.1 Å². The van der Waals surface area contributed by atoms with Crippen LogP contribution in [0.5, 0.6) is 0 Å². The Morgan fingerprint density at radius 3 is 2.78 bits per heavy atom. The van der Waals surface area contributed by atoms with Crippen molar-refractivity contribution in [3.8, 4) is 6.07 Å². The molecular weight excluding hydrogens is 230 g/mol. The van der Waals surface area contributed by atoms with E-state index < -0.39 is 0 Å². The van der Waals surface area contributed by atoms with Gasteiger partial charge in [0.1, 0.15) is 6.04 Å². The average Bonchev–Trinajstić information content (AvgIpc) is 2.89. The summed E-state index contributed by atoms with van der Waals surface area (Å²) in [7, 11) is 0. The number of carbonyl (C=O) groups excluding carboxylic acids is 1. The van der Waals surface area contributed by atoms with Crippen LogP contribution in [0.15, 0.2) is 24.3 Å². The van der Waals surface area contributed by atoms with Crippen molar-refractivity contribution in [2.45, 2.75) is 25.4 Å². The number of hydrogen-bond donors (Lipinski definition) is 2. The van der Waals surface area contributed by atoms with Crippen LogP contribution in [0.4, 0.5) is 0 Å². The smallest absolute Gasteiger partial charge is 0.324 e. The van der Waals surface area contributed by atoms with Crippen LogP contribution in [0.3, 0.4) is 0 Å². The summed E-state index contributed by atoms with van der Waals surface area (Å²) in [6.45, 7) is 2.18. The van der Waals surface area contributed by atoms with E-state index in [0.29, 0.717) is 18.6 Å². The van der Waals surface area contributed by atoms with Crippen molar-refractivity contribution in [1.82, 2.24) is 10.9 Å². The number of nitriles is 1. The molecule has 2 atom stereocenters. The number of rotatable bonds is 3. The summed E-state index contributed by atoms with van der Waals surface area (Å²) < 4.78 is 4.96. The topological polar surface area (TPSA) is 74.2 Å². The van der Waals surface area contributed by atoms with Gasteiger partial charge in [0, 0.05) is 6.04 Å². The number of benzene rings is 1. The van der Waals surface area contributed by atoms with E-state index in [1.165, 1.54) is 0 Å². The first kappa shape index (κ1) is 12.6. The Kier molecular flexibility index (Phi) is 3.92. The van der Waals surface area contributed by atoms with Crippen LogP contribution in [0.25, 0.3) is 0 Å². The van der Waals surface area contributed by atoms with Gasteiger partial charge < -0.3 is 4.74 Å². The second-order valence-electron chi connectivity index (χ2n) is 4.12. The maximum atomic E-state index is 11.6. The van der Waals surface area contributed by atoms with E-state index in [0.717, 1.165) is 5.56 Å². The van der Waals surface area contributed by atoms with Crippen LogP contribution in [-0.4, -0.2) is 18.6 Å². The van der Waals surface area contributed by atoms with Gasteiger partial charge >= 0.3 is 5.97 Å². The highest BCUT2D eigenvalue weighted by molar-refractivity contribution is 5.76. The Morgan fingerprint density at radius 2 is 2.17 bits per heavy atom. The van der Waals surface area contributed by atoms with E-state index in [4.69, 9.17) is 10.00 Å². The second-order valence-corrected chi connectivity index (χ2v) is 4.12. The van der Waals surface area contributed by atoms with E-state index in [1.54, 1.807) is 19.1 Å². The summed E-state index contributed by atoms with van der Waals surface area (Å²) in [6.07, 6.45) is 0.644. The van der Waals surface area contributed by atoms with Gasteiger partial charge in [0.05, 0.1) is 18.2 Å². The minimum absolute atomic E-state index is 0.0622. The molecule has 1 saturated heterocycles. The lowest BCUT2D eigenvalue weighted by atomic mass is 10.0. The van der Waals surface area contributed by atoms with E-state index in [9.17, 15) is 4.79 Å². The molecule has 0 radical (unpaired) electrons. The lowest BCUT2D eigenvalue weighted by Crippen LogP contribution is -2.37. The first-order valence-electron chi connectivity index (χ1n) is 5.92. The van der Waals surface area contributed by atoms with Gasteiger partial charge in [0.15, 0.2) is 0 Å². The number of hydrazine groups is 1. The highest BCUT2D eigenvalue weighted by Crippen LogP contribution is 2.22. The molecule has 2 unspecified atom stereocenters. The molecule has 18 heavy (non-hydrogen) atoms. The van der Waals surface area contributed by atoms with E-state index in [2.05, 4.69) is 16.9 Å². The number of hydrogen-bond acceptors (Lipinski definition) is 5. The molecule has 1 heterocycles. The Morgan fingerprint density at radius 1 is 1.44 bits per heavy atom. The van der Waals surface area contributed by atoms with Crippen LogP contribution in [-0.2, 0) is 9.53 Å². The predicted molar refractivity (Wildman–Crippen MR) is 65.2 cm³/mol. The van der Waals surface area contributed by atoms with Gasteiger partial charge in [-0.3, -0.25) is 4.79 Å². The summed E-state index contributed by atoms with van der Waals surface area (Å²) >= 11 is 0. The van der Waals surface area contributed by atoms with Crippen molar-refractivity contribution in [1.29, 1.82) is 5.26 Å².